The van der Waals surface area contributed by atoms with E-state index in [1.807, 2.05) is 19.1 Å². The molecule has 0 radical (unpaired) electrons. The van der Waals surface area contributed by atoms with E-state index in [0.29, 0.717) is 17.7 Å². The average Bonchev–Trinajstić information content (AvgIpc) is 2.89. The summed E-state index contributed by atoms with van der Waals surface area (Å²) in [5, 5.41) is 15.1. The van der Waals surface area contributed by atoms with Crippen LogP contribution in [0.2, 0.25) is 0 Å². The molecule has 5 nitrogen and oxygen atoms in total. The van der Waals surface area contributed by atoms with Crippen LogP contribution in [0.15, 0.2) is 28.9 Å². The van der Waals surface area contributed by atoms with E-state index in [4.69, 9.17) is 9.63 Å². The number of nitrogens with zero attached hydrogens (tertiary/aromatic N) is 1. The zero-order chi connectivity index (χ0) is 15.2. The number of nitrogens with one attached hydrogen (secondary N) is 1. The van der Waals surface area contributed by atoms with Gasteiger partial charge >= 0.3 is 0 Å². The monoisotopic (exact) mass is 284 g/mol. The van der Waals surface area contributed by atoms with Gasteiger partial charge in [0.15, 0.2) is 0 Å². The summed E-state index contributed by atoms with van der Waals surface area (Å²) in [4.78, 5) is 12.1. The fourth-order valence-corrected chi connectivity index (χ4v) is 1.74. The van der Waals surface area contributed by atoms with Gasteiger partial charge in [0.05, 0.1) is 12.8 Å². The molecule has 0 aliphatic heterocycles. The molecule has 0 atom stereocenters. The Bertz CT molecular complexity index is 708. The van der Waals surface area contributed by atoms with E-state index >= 15 is 0 Å². The van der Waals surface area contributed by atoms with Crippen molar-refractivity contribution in [3.63, 3.8) is 0 Å². The maximum Gasteiger partial charge on any atom is 0.294 e. The molecule has 0 aliphatic rings. The summed E-state index contributed by atoms with van der Waals surface area (Å²) < 4.78 is 4.93. The minimum absolute atomic E-state index is 0.0349. The first-order valence-electron chi connectivity index (χ1n) is 6.55. The first-order chi connectivity index (χ1) is 10.1. The lowest BCUT2D eigenvalue weighted by atomic mass is 10.1. The van der Waals surface area contributed by atoms with Gasteiger partial charge in [-0.1, -0.05) is 23.1 Å². The van der Waals surface area contributed by atoms with Crippen molar-refractivity contribution in [1.29, 1.82) is 0 Å². The van der Waals surface area contributed by atoms with E-state index in [2.05, 4.69) is 22.3 Å². The largest absolute Gasteiger partial charge is 0.395 e. The van der Waals surface area contributed by atoms with E-state index in [0.717, 1.165) is 11.1 Å². The minimum Gasteiger partial charge on any atom is -0.395 e. The highest BCUT2D eigenvalue weighted by Gasteiger charge is 2.15. The lowest BCUT2D eigenvalue weighted by Crippen LogP contribution is -2.13. The van der Waals surface area contributed by atoms with Gasteiger partial charge in [0.25, 0.3) is 5.91 Å². The van der Waals surface area contributed by atoms with Gasteiger partial charge in [-0.15, -0.1) is 0 Å². The number of amides is 1. The zero-order valence-electron chi connectivity index (χ0n) is 11.9. The lowest BCUT2D eigenvalue weighted by molar-refractivity contribution is 0.0987. The predicted octanol–water partition coefficient (Wildman–Crippen LogP) is 2.28. The number of anilines is 1. The third-order valence-corrected chi connectivity index (χ3v) is 2.91. The van der Waals surface area contributed by atoms with E-state index in [9.17, 15) is 4.79 Å². The number of hydrogen-bond donors (Lipinski definition) is 2. The van der Waals surface area contributed by atoms with Crippen LogP contribution >= 0.6 is 0 Å². The Morgan fingerprint density at radius 1 is 1.38 bits per heavy atom. The molecule has 2 aromatic rings. The summed E-state index contributed by atoms with van der Waals surface area (Å²) in [6.07, 6.45) is 1.92. The Morgan fingerprint density at radius 3 is 2.86 bits per heavy atom. The summed E-state index contributed by atoms with van der Waals surface area (Å²) in [6, 6.07) is 5.55. The fourth-order valence-electron chi connectivity index (χ4n) is 1.74. The molecule has 0 unspecified atom stereocenters. The Hall–Kier alpha value is -2.58. The Balaban J connectivity index is 2.20. The SMILES string of the molecule is Cc1ccc(C#CCCO)cc1NC(=O)c1oncc1C. The number of aromatic nitrogens is 1. The highest BCUT2D eigenvalue weighted by atomic mass is 16.5. The quantitative estimate of drug-likeness (QED) is 0.848. The molecular formula is C16H16N2O3. The Morgan fingerprint density at radius 2 is 2.19 bits per heavy atom. The number of aliphatic hydroxyl groups excluding tert-OH is 1. The van der Waals surface area contributed by atoms with E-state index in [-0.39, 0.29) is 18.3 Å². The molecule has 0 bridgehead atoms. The molecule has 1 heterocycles. The van der Waals surface area contributed by atoms with Crippen molar-refractivity contribution in [1.82, 2.24) is 5.16 Å². The molecular weight excluding hydrogens is 268 g/mol. The van der Waals surface area contributed by atoms with Crippen molar-refractivity contribution in [2.24, 2.45) is 0 Å². The van der Waals surface area contributed by atoms with Crippen LogP contribution < -0.4 is 5.32 Å². The van der Waals surface area contributed by atoms with Crippen LogP contribution in [-0.2, 0) is 0 Å². The lowest BCUT2D eigenvalue weighted by Gasteiger charge is -2.07. The minimum atomic E-state index is -0.339. The van der Waals surface area contributed by atoms with Gasteiger partial charge in [-0.05, 0) is 31.5 Å². The number of aryl methyl sites for hydroxylation is 2. The second-order valence-corrected chi connectivity index (χ2v) is 4.60. The van der Waals surface area contributed by atoms with Crippen LogP contribution in [-0.4, -0.2) is 22.8 Å². The van der Waals surface area contributed by atoms with Crippen LogP contribution in [0.3, 0.4) is 0 Å². The molecule has 0 saturated carbocycles. The van der Waals surface area contributed by atoms with Gasteiger partial charge in [0, 0.05) is 23.2 Å². The fraction of sp³-hybridized carbons (Fsp3) is 0.250. The summed E-state index contributed by atoms with van der Waals surface area (Å²) in [5.41, 5.74) is 3.06. The summed E-state index contributed by atoms with van der Waals surface area (Å²) in [6.45, 7) is 3.69. The second-order valence-electron chi connectivity index (χ2n) is 4.60. The number of rotatable bonds is 3. The zero-order valence-corrected chi connectivity index (χ0v) is 11.9. The number of carbonyl (C=O) groups excluding carboxylic acids is 1. The molecule has 5 heteroatoms. The summed E-state index contributed by atoms with van der Waals surface area (Å²) >= 11 is 0. The molecule has 0 spiro atoms. The van der Waals surface area contributed by atoms with Crippen LogP contribution in [0.4, 0.5) is 5.69 Å². The van der Waals surface area contributed by atoms with Gasteiger partial charge in [0.2, 0.25) is 5.76 Å². The number of hydrogen-bond acceptors (Lipinski definition) is 4. The number of benzene rings is 1. The average molecular weight is 284 g/mol. The van der Waals surface area contributed by atoms with Crippen molar-refractivity contribution in [2.45, 2.75) is 20.3 Å². The molecule has 1 aromatic carbocycles. The first-order valence-corrected chi connectivity index (χ1v) is 6.55. The van der Waals surface area contributed by atoms with Crippen LogP contribution in [0.5, 0.6) is 0 Å². The third kappa shape index (κ3) is 3.71. The van der Waals surface area contributed by atoms with E-state index < -0.39 is 0 Å². The highest BCUT2D eigenvalue weighted by molar-refractivity contribution is 6.03. The molecule has 1 amide bonds. The van der Waals surface area contributed by atoms with Gasteiger partial charge in [-0.25, -0.2) is 0 Å². The number of carbonyl (C=O) groups is 1. The number of aliphatic hydroxyl groups is 1. The van der Waals surface area contributed by atoms with Crippen LogP contribution in [0.25, 0.3) is 0 Å². The molecule has 2 rings (SSSR count). The predicted molar refractivity (Wildman–Crippen MR) is 79.0 cm³/mol. The molecule has 108 valence electrons. The first kappa shape index (κ1) is 14.8. The van der Waals surface area contributed by atoms with Crippen molar-refractivity contribution in [3.05, 3.63) is 46.8 Å². The van der Waals surface area contributed by atoms with Crippen LogP contribution in [0, 0.1) is 25.7 Å². The van der Waals surface area contributed by atoms with Gasteiger partial charge in [-0.3, -0.25) is 4.79 Å². The third-order valence-electron chi connectivity index (χ3n) is 2.91. The van der Waals surface area contributed by atoms with Crippen molar-refractivity contribution in [2.75, 3.05) is 11.9 Å². The standard InChI is InChI=1S/C16H16N2O3/c1-11-6-7-13(5-3-4-8-19)9-14(11)18-16(20)15-12(2)10-17-21-15/h6-7,9-10,19H,4,8H2,1-2H3,(H,18,20). The van der Waals surface area contributed by atoms with Crippen molar-refractivity contribution in [3.8, 4) is 11.8 Å². The maximum absolute atomic E-state index is 12.1. The molecule has 0 saturated heterocycles. The van der Waals surface area contributed by atoms with Crippen molar-refractivity contribution < 1.29 is 14.4 Å². The van der Waals surface area contributed by atoms with Crippen molar-refractivity contribution >= 4 is 11.6 Å². The van der Waals surface area contributed by atoms with Gasteiger partial charge in [0.1, 0.15) is 0 Å². The van der Waals surface area contributed by atoms with E-state index in [1.54, 1.807) is 13.0 Å². The molecule has 0 aliphatic carbocycles. The molecule has 2 N–H and O–H groups in total. The summed E-state index contributed by atoms with van der Waals surface area (Å²) in [5.74, 6) is 5.64. The van der Waals surface area contributed by atoms with Gasteiger partial charge in [-0.2, -0.15) is 0 Å². The topological polar surface area (TPSA) is 75.4 Å². The Kier molecular flexibility index (Phi) is 4.75. The molecule has 21 heavy (non-hydrogen) atoms. The van der Waals surface area contributed by atoms with Crippen LogP contribution in [0.1, 0.15) is 33.7 Å². The van der Waals surface area contributed by atoms with Gasteiger partial charge < -0.3 is 14.9 Å². The smallest absolute Gasteiger partial charge is 0.294 e. The Labute approximate surface area is 123 Å². The molecule has 1 aromatic heterocycles. The second kappa shape index (κ2) is 6.73. The normalized spacial score (nSPS) is 9.86. The maximum atomic E-state index is 12.1. The summed E-state index contributed by atoms with van der Waals surface area (Å²) in [7, 11) is 0. The highest BCUT2D eigenvalue weighted by Crippen LogP contribution is 2.18. The molecule has 0 fully saturated rings. The van der Waals surface area contributed by atoms with E-state index in [1.165, 1.54) is 6.20 Å².